The molecule has 1 amide bonds. The monoisotopic (exact) mass is 275 g/mol. The van der Waals surface area contributed by atoms with Crippen molar-refractivity contribution in [3.63, 3.8) is 0 Å². The molecule has 0 saturated heterocycles. The van der Waals surface area contributed by atoms with Crippen LogP contribution in [0.5, 0.6) is 0 Å². The van der Waals surface area contributed by atoms with Crippen molar-refractivity contribution in [1.82, 2.24) is 5.32 Å². The second-order valence-corrected chi connectivity index (χ2v) is 5.96. The van der Waals surface area contributed by atoms with Crippen molar-refractivity contribution in [3.05, 3.63) is 34.9 Å². The van der Waals surface area contributed by atoms with Crippen molar-refractivity contribution in [3.8, 4) is 0 Å². The van der Waals surface area contributed by atoms with E-state index in [0.29, 0.717) is 12.0 Å². The molecule has 2 unspecified atom stereocenters. The Labute approximate surface area is 119 Å². The Kier molecular flexibility index (Phi) is 3.84. The highest BCUT2D eigenvalue weighted by atomic mass is 16.4. The van der Waals surface area contributed by atoms with E-state index in [4.69, 9.17) is 0 Å². The molecule has 2 atom stereocenters. The maximum Gasteiger partial charge on any atom is 0.311 e. The average molecular weight is 275 g/mol. The number of hydrogen-bond acceptors (Lipinski definition) is 2. The molecule has 1 aliphatic rings. The first kappa shape index (κ1) is 14.6. The number of benzene rings is 1. The van der Waals surface area contributed by atoms with E-state index in [1.165, 1.54) is 0 Å². The molecule has 0 radical (unpaired) electrons. The van der Waals surface area contributed by atoms with Gasteiger partial charge in [0, 0.05) is 11.6 Å². The predicted octanol–water partition coefficient (Wildman–Crippen LogP) is 2.68. The van der Waals surface area contributed by atoms with Crippen LogP contribution in [0.1, 0.15) is 47.7 Å². The normalized spacial score (nSPS) is 25.4. The summed E-state index contributed by atoms with van der Waals surface area (Å²) >= 11 is 0. The molecule has 1 aromatic carbocycles. The zero-order valence-electron chi connectivity index (χ0n) is 12.2. The highest BCUT2D eigenvalue weighted by molar-refractivity contribution is 5.96. The van der Waals surface area contributed by atoms with Crippen LogP contribution >= 0.6 is 0 Å². The second-order valence-electron chi connectivity index (χ2n) is 5.96. The number of rotatable bonds is 3. The van der Waals surface area contributed by atoms with Gasteiger partial charge >= 0.3 is 5.97 Å². The van der Waals surface area contributed by atoms with Gasteiger partial charge in [-0.25, -0.2) is 0 Å². The molecule has 0 bridgehead atoms. The van der Waals surface area contributed by atoms with Crippen molar-refractivity contribution < 1.29 is 14.7 Å². The Hall–Kier alpha value is -1.84. The van der Waals surface area contributed by atoms with Crippen molar-refractivity contribution in [2.75, 3.05) is 0 Å². The van der Waals surface area contributed by atoms with Crippen LogP contribution in [0.3, 0.4) is 0 Å². The number of aryl methyl sites for hydroxylation is 2. The third-order valence-corrected chi connectivity index (χ3v) is 4.39. The van der Waals surface area contributed by atoms with Gasteiger partial charge in [-0.3, -0.25) is 9.59 Å². The van der Waals surface area contributed by atoms with Crippen LogP contribution in [-0.4, -0.2) is 23.0 Å². The summed E-state index contributed by atoms with van der Waals surface area (Å²) in [5.74, 6) is -1.01. The number of carboxylic acids is 1. The lowest BCUT2D eigenvalue weighted by Gasteiger charge is -2.28. The number of nitrogens with one attached hydrogen (secondary N) is 1. The molecule has 20 heavy (non-hydrogen) atoms. The summed E-state index contributed by atoms with van der Waals surface area (Å²) in [6.45, 7) is 5.54. The van der Waals surface area contributed by atoms with Crippen LogP contribution in [0.4, 0.5) is 0 Å². The molecule has 2 rings (SSSR count). The Balaban J connectivity index is 2.19. The topological polar surface area (TPSA) is 66.4 Å². The number of carbonyl (C=O) groups excluding carboxylic acids is 1. The zero-order chi connectivity index (χ0) is 14.9. The van der Waals surface area contributed by atoms with E-state index in [-0.39, 0.29) is 11.9 Å². The van der Waals surface area contributed by atoms with E-state index >= 15 is 0 Å². The molecule has 1 saturated carbocycles. The molecule has 1 aromatic rings. The summed E-state index contributed by atoms with van der Waals surface area (Å²) in [7, 11) is 0. The number of hydrogen-bond donors (Lipinski definition) is 2. The van der Waals surface area contributed by atoms with Crippen LogP contribution in [0.25, 0.3) is 0 Å². The summed E-state index contributed by atoms with van der Waals surface area (Å²) in [6.07, 6.45) is 2.17. The first-order valence-corrected chi connectivity index (χ1v) is 6.96. The Morgan fingerprint density at radius 3 is 2.70 bits per heavy atom. The van der Waals surface area contributed by atoms with Crippen LogP contribution in [-0.2, 0) is 4.79 Å². The highest BCUT2D eigenvalue weighted by Gasteiger charge is 2.45. The fourth-order valence-corrected chi connectivity index (χ4v) is 2.87. The predicted molar refractivity (Wildman–Crippen MR) is 76.8 cm³/mol. The van der Waals surface area contributed by atoms with Gasteiger partial charge < -0.3 is 10.4 Å². The maximum atomic E-state index is 12.4. The molecule has 0 aliphatic heterocycles. The number of aliphatic carboxylic acids is 1. The third-order valence-electron chi connectivity index (χ3n) is 4.39. The minimum Gasteiger partial charge on any atom is -0.481 e. The molecule has 2 N–H and O–H groups in total. The first-order chi connectivity index (χ1) is 9.34. The van der Waals surface area contributed by atoms with Gasteiger partial charge in [-0.05, 0) is 45.2 Å². The standard InChI is InChI=1S/C16H21NO3/c1-10-6-7-11(2)12(9-10)14(18)17-13-5-4-8-16(13,3)15(19)20/h6-7,9,13H,4-5,8H2,1-3H3,(H,17,18)(H,19,20). The smallest absolute Gasteiger partial charge is 0.311 e. The largest absolute Gasteiger partial charge is 0.481 e. The fraction of sp³-hybridized carbons (Fsp3) is 0.500. The van der Waals surface area contributed by atoms with Gasteiger partial charge in [0.15, 0.2) is 0 Å². The Morgan fingerprint density at radius 1 is 1.35 bits per heavy atom. The van der Waals surface area contributed by atoms with Gasteiger partial charge in [0.05, 0.1) is 5.41 Å². The van der Waals surface area contributed by atoms with E-state index in [0.717, 1.165) is 24.0 Å². The summed E-state index contributed by atoms with van der Waals surface area (Å²) in [5, 5.41) is 12.3. The van der Waals surface area contributed by atoms with Crippen LogP contribution in [0.2, 0.25) is 0 Å². The fourth-order valence-electron chi connectivity index (χ4n) is 2.87. The molecule has 1 fully saturated rings. The van der Waals surface area contributed by atoms with Crippen molar-refractivity contribution in [1.29, 1.82) is 0 Å². The van der Waals surface area contributed by atoms with E-state index in [1.54, 1.807) is 6.92 Å². The van der Waals surface area contributed by atoms with Gasteiger partial charge in [-0.2, -0.15) is 0 Å². The van der Waals surface area contributed by atoms with Crippen LogP contribution in [0.15, 0.2) is 18.2 Å². The second kappa shape index (κ2) is 5.27. The Bertz CT molecular complexity index is 553. The summed E-state index contributed by atoms with van der Waals surface area (Å²) in [4.78, 5) is 23.8. The van der Waals surface area contributed by atoms with Gasteiger partial charge in [-0.1, -0.05) is 24.1 Å². The molecule has 0 heterocycles. The van der Waals surface area contributed by atoms with E-state index in [1.807, 2.05) is 32.0 Å². The molecule has 1 aliphatic carbocycles. The van der Waals surface area contributed by atoms with Gasteiger partial charge in [0.2, 0.25) is 0 Å². The lowest BCUT2D eigenvalue weighted by Crippen LogP contribution is -2.47. The summed E-state index contributed by atoms with van der Waals surface area (Å²) < 4.78 is 0. The summed E-state index contributed by atoms with van der Waals surface area (Å²) in [5.41, 5.74) is 1.70. The number of carbonyl (C=O) groups is 2. The van der Waals surface area contributed by atoms with Gasteiger partial charge in [0.25, 0.3) is 5.91 Å². The van der Waals surface area contributed by atoms with Gasteiger partial charge in [0.1, 0.15) is 0 Å². The lowest BCUT2D eigenvalue weighted by molar-refractivity contribution is -0.148. The third kappa shape index (κ3) is 2.55. The summed E-state index contributed by atoms with van der Waals surface area (Å²) in [6, 6.07) is 5.42. The van der Waals surface area contributed by atoms with Crippen molar-refractivity contribution in [2.45, 2.75) is 46.1 Å². The van der Waals surface area contributed by atoms with Crippen LogP contribution in [0, 0.1) is 19.3 Å². The SMILES string of the molecule is Cc1ccc(C)c(C(=O)NC2CCCC2(C)C(=O)O)c1. The molecule has 0 spiro atoms. The Morgan fingerprint density at radius 2 is 2.05 bits per heavy atom. The average Bonchev–Trinajstić information content (AvgIpc) is 2.75. The van der Waals surface area contributed by atoms with E-state index in [2.05, 4.69) is 5.32 Å². The van der Waals surface area contributed by atoms with Crippen molar-refractivity contribution >= 4 is 11.9 Å². The number of carboxylic acid groups (broad SMARTS) is 1. The van der Waals surface area contributed by atoms with E-state index < -0.39 is 11.4 Å². The maximum absolute atomic E-state index is 12.4. The molecular weight excluding hydrogens is 254 g/mol. The van der Waals surface area contributed by atoms with Crippen LogP contribution < -0.4 is 5.32 Å². The number of amides is 1. The molecule has 0 aromatic heterocycles. The lowest BCUT2D eigenvalue weighted by atomic mass is 9.84. The highest BCUT2D eigenvalue weighted by Crippen LogP contribution is 2.38. The van der Waals surface area contributed by atoms with E-state index in [9.17, 15) is 14.7 Å². The minimum atomic E-state index is -0.854. The quantitative estimate of drug-likeness (QED) is 0.891. The van der Waals surface area contributed by atoms with Crippen molar-refractivity contribution in [2.24, 2.45) is 5.41 Å². The molecule has 4 heteroatoms. The molecular formula is C16H21NO3. The first-order valence-electron chi connectivity index (χ1n) is 6.96. The van der Waals surface area contributed by atoms with Gasteiger partial charge in [-0.15, -0.1) is 0 Å². The molecule has 108 valence electrons. The minimum absolute atomic E-state index is 0.175. The molecule has 4 nitrogen and oxygen atoms in total. The zero-order valence-corrected chi connectivity index (χ0v) is 12.2.